The van der Waals surface area contributed by atoms with Crippen molar-refractivity contribution in [1.82, 2.24) is 24.9 Å². The van der Waals surface area contributed by atoms with Gasteiger partial charge in [0, 0.05) is 6.20 Å². The van der Waals surface area contributed by atoms with Crippen molar-refractivity contribution < 1.29 is 9.53 Å². The van der Waals surface area contributed by atoms with E-state index in [2.05, 4.69) is 27.4 Å². The molecule has 0 N–H and O–H groups in total. The van der Waals surface area contributed by atoms with Crippen LogP contribution in [0.2, 0.25) is 0 Å². The highest BCUT2D eigenvalue weighted by Gasteiger charge is 2.41. The van der Waals surface area contributed by atoms with E-state index in [0.717, 1.165) is 16.6 Å². The van der Waals surface area contributed by atoms with Crippen LogP contribution >= 0.6 is 0 Å². The van der Waals surface area contributed by atoms with E-state index in [4.69, 9.17) is 4.74 Å². The Kier molecular flexibility index (Phi) is 4.40. The Hall–Kier alpha value is -3.74. The molecule has 1 aliphatic rings. The number of aromatic nitrogens is 4. The van der Waals surface area contributed by atoms with Crippen molar-refractivity contribution in [2.45, 2.75) is 18.6 Å². The van der Waals surface area contributed by atoms with Crippen LogP contribution < -0.4 is 0 Å². The van der Waals surface area contributed by atoms with Crippen LogP contribution in [0.1, 0.15) is 17.4 Å². The molecule has 5 rings (SSSR count). The summed E-state index contributed by atoms with van der Waals surface area (Å²) in [4.78, 5) is 19.1. The number of amides is 1. The monoisotopic (exact) mass is 385 g/mol. The van der Waals surface area contributed by atoms with Gasteiger partial charge >= 0.3 is 6.09 Å². The van der Waals surface area contributed by atoms with Gasteiger partial charge in [-0.15, -0.1) is 5.10 Å². The molecule has 1 saturated heterocycles. The zero-order valence-electron chi connectivity index (χ0n) is 15.6. The normalized spacial score (nSPS) is 17.4. The standard InChI is InChI=1S/C22H19N5O2/c28-22-26(17(15-29-22)14-16-8-2-1-3-9-16)21(19-11-6-7-13-23-19)27-20-12-5-4-10-18(20)24-25-27/h1-13,17,21H,14-15H2/t17-,21?/m0/s1. The number of ether oxygens (including phenoxy) is 1. The number of nitrogens with zero attached hydrogens (tertiary/aromatic N) is 5. The maximum Gasteiger partial charge on any atom is 0.412 e. The molecule has 1 fully saturated rings. The van der Waals surface area contributed by atoms with Crippen molar-refractivity contribution in [3.63, 3.8) is 0 Å². The topological polar surface area (TPSA) is 73.1 Å². The number of pyridine rings is 1. The fraction of sp³-hybridized carbons (Fsp3) is 0.182. The van der Waals surface area contributed by atoms with E-state index in [9.17, 15) is 4.79 Å². The second-order valence-corrected chi connectivity index (χ2v) is 6.98. The van der Waals surface area contributed by atoms with Crippen LogP contribution in [-0.2, 0) is 11.2 Å². The van der Waals surface area contributed by atoms with Gasteiger partial charge in [0.05, 0.1) is 17.3 Å². The van der Waals surface area contributed by atoms with Gasteiger partial charge in [0.25, 0.3) is 0 Å². The Labute approximate surface area is 167 Å². The number of benzene rings is 2. The number of cyclic esters (lactones) is 1. The SMILES string of the molecule is O=C1OC[C@H](Cc2ccccc2)N1C(c1ccccn1)n1nnc2ccccc21. The summed E-state index contributed by atoms with van der Waals surface area (Å²) in [6.45, 7) is 0.323. The third-order valence-corrected chi connectivity index (χ3v) is 5.14. The van der Waals surface area contributed by atoms with Crippen molar-refractivity contribution in [2.24, 2.45) is 0 Å². The summed E-state index contributed by atoms with van der Waals surface area (Å²) in [5.74, 6) is 0. The first kappa shape index (κ1) is 17.4. The summed E-state index contributed by atoms with van der Waals surface area (Å²) in [7, 11) is 0. The molecule has 0 bridgehead atoms. The number of rotatable bonds is 5. The molecule has 2 atom stereocenters. The number of hydrogen-bond acceptors (Lipinski definition) is 5. The lowest BCUT2D eigenvalue weighted by atomic mass is 10.0. The number of para-hydroxylation sites is 1. The number of carbonyl (C=O) groups is 1. The minimum Gasteiger partial charge on any atom is -0.447 e. The largest absolute Gasteiger partial charge is 0.447 e. The quantitative estimate of drug-likeness (QED) is 0.526. The average Bonchev–Trinajstić information content (AvgIpc) is 3.35. The van der Waals surface area contributed by atoms with Crippen LogP contribution in [0.15, 0.2) is 79.0 Å². The zero-order chi connectivity index (χ0) is 19.6. The van der Waals surface area contributed by atoms with Crippen LogP contribution in [0.25, 0.3) is 11.0 Å². The molecule has 2 aromatic heterocycles. The molecule has 1 amide bonds. The first-order valence-corrected chi connectivity index (χ1v) is 9.51. The highest BCUT2D eigenvalue weighted by molar-refractivity contribution is 5.75. The zero-order valence-corrected chi connectivity index (χ0v) is 15.6. The number of fused-ring (bicyclic) bond motifs is 1. The van der Waals surface area contributed by atoms with Crippen LogP contribution in [0, 0.1) is 0 Å². The second kappa shape index (κ2) is 7.35. The van der Waals surface area contributed by atoms with Crippen molar-refractivity contribution in [2.75, 3.05) is 6.61 Å². The molecular formula is C22H19N5O2. The molecule has 4 aromatic rings. The molecule has 1 aliphatic heterocycles. The maximum absolute atomic E-state index is 12.8. The molecule has 0 radical (unpaired) electrons. The van der Waals surface area contributed by atoms with E-state index >= 15 is 0 Å². The molecule has 7 nitrogen and oxygen atoms in total. The average molecular weight is 385 g/mol. The molecule has 0 saturated carbocycles. The molecule has 29 heavy (non-hydrogen) atoms. The van der Waals surface area contributed by atoms with Crippen molar-refractivity contribution in [1.29, 1.82) is 0 Å². The lowest BCUT2D eigenvalue weighted by Crippen LogP contribution is -2.42. The van der Waals surface area contributed by atoms with Gasteiger partial charge in [-0.1, -0.05) is 53.7 Å². The van der Waals surface area contributed by atoms with E-state index in [0.29, 0.717) is 18.7 Å². The predicted molar refractivity (Wildman–Crippen MR) is 107 cm³/mol. The van der Waals surface area contributed by atoms with Gasteiger partial charge in [0.1, 0.15) is 12.1 Å². The van der Waals surface area contributed by atoms with Gasteiger partial charge in [0.2, 0.25) is 0 Å². The van der Waals surface area contributed by atoms with Crippen LogP contribution in [0.4, 0.5) is 4.79 Å². The molecular weight excluding hydrogens is 366 g/mol. The van der Waals surface area contributed by atoms with Gasteiger partial charge in [-0.3, -0.25) is 9.88 Å². The van der Waals surface area contributed by atoms with Gasteiger partial charge in [-0.25, -0.2) is 9.48 Å². The van der Waals surface area contributed by atoms with Gasteiger partial charge in [-0.2, -0.15) is 0 Å². The summed E-state index contributed by atoms with van der Waals surface area (Å²) >= 11 is 0. The van der Waals surface area contributed by atoms with E-state index in [-0.39, 0.29) is 12.1 Å². The van der Waals surface area contributed by atoms with Crippen molar-refractivity contribution >= 4 is 17.1 Å². The van der Waals surface area contributed by atoms with Crippen molar-refractivity contribution in [3.8, 4) is 0 Å². The van der Waals surface area contributed by atoms with Crippen LogP contribution in [0.5, 0.6) is 0 Å². The van der Waals surface area contributed by atoms with Gasteiger partial charge in [-0.05, 0) is 36.2 Å². The molecule has 0 spiro atoms. The number of hydrogen-bond donors (Lipinski definition) is 0. The fourth-order valence-electron chi connectivity index (χ4n) is 3.80. The maximum atomic E-state index is 12.8. The van der Waals surface area contributed by atoms with E-state index < -0.39 is 6.17 Å². The summed E-state index contributed by atoms with van der Waals surface area (Å²) in [6, 6.07) is 23.3. The van der Waals surface area contributed by atoms with Gasteiger partial charge < -0.3 is 4.74 Å². The minimum atomic E-state index is -0.549. The van der Waals surface area contributed by atoms with Crippen LogP contribution in [-0.4, -0.2) is 43.6 Å². The molecule has 0 aliphatic carbocycles. The Morgan fingerprint density at radius 2 is 1.79 bits per heavy atom. The highest BCUT2D eigenvalue weighted by atomic mass is 16.6. The number of carbonyl (C=O) groups excluding carboxylic acids is 1. The first-order chi connectivity index (χ1) is 14.3. The van der Waals surface area contributed by atoms with Crippen LogP contribution in [0.3, 0.4) is 0 Å². The van der Waals surface area contributed by atoms with Crippen molar-refractivity contribution in [3.05, 3.63) is 90.3 Å². The summed E-state index contributed by atoms with van der Waals surface area (Å²) in [5.41, 5.74) is 3.45. The fourth-order valence-corrected chi connectivity index (χ4v) is 3.80. The summed E-state index contributed by atoms with van der Waals surface area (Å²) < 4.78 is 7.21. The summed E-state index contributed by atoms with van der Waals surface area (Å²) in [6.07, 6.45) is 1.48. The lowest BCUT2D eigenvalue weighted by Gasteiger charge is -2.30. The first-order valence-electron chi connectivity index (χ1n) is 9.51. The third kappa shape index (κ3) is 3.20. The lowest BCUT2D eigenvalue weighted by molar-refractivity contribution is 0.131. The third-order valence-electron chi connectivity index (χ3n) is 5.14. The van der Waals surface area contributed by atoms with E-state index in [1.807, 2.05) is 60.7 Å². The van der Waals surface area contributed by atoms with Gasteiger partial charge in [0.15, 0.2) is 6.17 Å². The predicted octanol–water partition coefficient (Wildman–Crippen LogP) is 3.44. The molecule has 3 heterocycles. The molecule has 2 aromatic carbocycles. The smallest absolute Gasteiger partial charge is 0.412 e. The Morgan fingerprint density at radius 1 is 1.00 bits per heavy atom. The molecule has 7 heteroatoms. The van der Waals surface area contributed by atoms with E-state index in [1.54, 1.807) is 15.8 Å². The van der Waals surface area contributed by atoms with E-state index in [1.165, 1.54) is 0 Å². The minimum absolute atomic E-state index is 0.139. The summed E-state index contributed by atoms with van der Waals surface area (Å²) in [5, 5.41) is 8.65. The Bertz CT molecular complexity index is 1130. The second-order valence-electron chi connectivity index (χ2n) is 6.98. The highest BCUT2D eigenvalue weighted by Crippen LogP contribution is 2.31. The molecule has 1 unspecified atom stereocenters. The Balaban J connectivity index is 1.61. The molecule has 144 valence electrons. The Morgan fingerprint density at radius 3 is 2.62 bits per heavy atom.